The molecule has 0 aromatic heterocycles. The van der Waals surface area contributed by atoms with E-state index in [-0.39, 0.29) is 66.0 Å². The molecule has 2 aliphatic rings. The number of rotatable bonds is 15. The summed E-state index contributed by atoms with van der Waals surface area (Å²) in [7, 11) is -9.17. The summed E-state index contributed by atoms with van der Waals surface area (Å²) < 4.78 is 85.3. The van der Waals surface area contributed by atoms with E-state index in [0.717, 1.165) is 25.7 Å². The molecule has 1 N–H and O–H groups in total. The van der Waals surface area contributed by atoms with E-state index >= 15 is 0 Å². The lowest BCUT2D eigenvalue weighted by Gasteiger charge is -2.30. The van der Waals surface area contributed by atoms with E-state index in [1.165, 1.54) is 27.9 Å². The van der Waals surface area contributed by atoms with E-state index in [2.05, 4.69) is 0 Å². The predicted molar refractivity (Wildman–Crippen MR) is 156 cm³/mol. The number of hydrogen-bond donors (Lipinski definition) is 1. The van der Waals surface area contributed by atoms with Gasteiger partial charge >= 0.3 is 0 Å². The number of sulfone groups is 1. The van der Waals surface area contributed by atoms with Gasteiger partial charge < -0.3 is 9.84 Å². The Morgan fingerprint density at radius 3 is 2.08 bits per heavy atom. The first kappa shape index (κ1) is 33.3. The topological polar surface area (TPSA) is 138 Å². The van der Waals surface area contributed by atoms with Gasteiger partial charge in [0.05, 0.1) is 35.4 Å². The van der Waals surface area contributed by atoms with Crippen molar-refractivity contribution in [1.82, 2.24) is 8.61 Å². The molecule has 1 atom stereocenters. The van der Waals surface area contributed by atoms with Crippen molar-refractivity contribution in [2.45, 2.75) is 69.8 Å². The molecule has 0 spiro atoms. The summed E-state index contributed by atoms with van der Waals surface area (Å²) in [6.45, 7) is 4.32. The zero-order valence-corrected chi connectivity index (χ0v) is 26.4. The number of aliphatic hydroxyl groups is 1. The van der Waals surface area contributed by atoms with E-state index < -0.39 is 36.0 Å². The Labute approximate surface area is 241 Å². The fourth-order valence-electron chi connectivity index (χ4n) is 5.53. The molecular formula is C27H46N2O8S3. The molecule has 1 saturated heterocycles. The van der Waals surface area contributed by atoms with Crippen molar-refractivity contribution in [2.75, 3.05) is 50.5 Å². The Morgan fingerprint density at radius 2 is 1.52 bits per heavy atom. The highest BCUT2D eigenvalue weighted by atomic mass is 32.2. The van der Waals surface area contributed by atoms with Crippen molar-refractivity contribution in [3.63, 3.8) is 0 Å². The Kier molecular flexibility index (Phi) is 11.9. The maximum absolute atomic E-state index is 13.5. The maximum atomic E-state index is 13.5. The SMILES string of the molecule is COc1ccc(S(=O)(=O)N(CC(C)C)C[C@@H](O)CCN(CC2CCCC2)S(=O)(=O)CC2CCS(=O)(=O)CC2)cc1. The Balaban J connectivity index is 1.70. The van der Waals surface area contributed by atoms with Crippen LogP contribution in [0.3, 0.4) is 0 Å². The summed E-state index contributed by atoms with van der Waals surface area (Å²) in [5.74, 6) is 0.529. The second-order valence-electron chi connectivity index (χ2n) is 11.7. The predicted octanol–water partition coefficient (Wildman–Crippen LogP) is 2.74. The number of aliphatic hydroxyl groups excluding tert-OH is 1. The second-order valence-corrected chi connectivity index (χ2v) is 18.0. The van der Waals surface area contributed by atoms with E-state index in [9.17, 15) is 30.4 Å². The molecule has 1 aromatic rings. The van der Waals surface area contributed by atoms with Crippen molar-refractivity contribution in [3.8, 4) is 5.75 Å². The van der Waals surface area contributed by atoms with E-state index in [1.807, 2.05) is 13.8 Å². The van der Waals surface area contributed by atoms with Gasteiger partial charge in [0.1, 0.15) is 15.6 Å². The van der Waals surface area contributed by atoms with E-state index in [1.54, 1.807) is 12.1 Å². The number of nitrogens with zero attached hydrogens (tertiary/aromatic N) is 2. The van der Waals surface area contributed by atoms with Crippen LogP contribution < -0.4 is 4.74 Å². The zero-order valence-electron chi connectivity index (χ0n) is 23.9. The van der Waals surface area contributed by atoms with Gasteiger partial charge in [-0.3, -0.25) is 0 Å². The fraction of sp³-hybridized carbons (Fsp3) is 0.778. The van der Waals surface area contributed by atoms with Crippen LogP contribution >= 0.6 is 0 Å². The number of benzene rings is 1. The lowest BCUT2D eigenvalue weighted by Crippen LogP contribution is -2.43. The van der Waals surface area contributed by atoms with Gasteiger partial charge in [0.15, 0.2) is 0 Å². The second kappa shape index (κ2) is 14.3. The molecule has 230 valence electrons. The maximum Gasteiger partial charge on any atom is 0.243 e. The molecule has 10 nitrogen and oxygen atoms in total. The van der Waals surface area contributed by atoms with Crippen LogP contribution in [-0.4, -0.2) is 95.6 Å². The average molecular weight is 623 g/mol. The summed E-state index contributed by atoms with van der Waals surface area (Å²) in [4.78, 5) is 0.0982. The highest BCUT2D eigenvalue weighted by Gasteiger charge is 2.33. The largest absolute Gasteiger partial charge is 0.497 e. The lowest BCUT2D eigenvalue weighted by molar-refractivity contribution is 0.125. The molecule has 1 aromatic carbocycles. The van der Waals surface area contributed by atoms with Crippen molar-refractivity contribution in [1.29, 1.82) is 0 Å². The number of methoxy groups -OCH3 is 1. The summed E-state index contributed by atoms with van der Waals surface area (Å²) >= 11 is 0. The van der Waals surface area contributed by atoms with Gasteiger partial charge in [0.2, 0.25) is 20.0 Å². The van der Waals surface area contributed by atoms with Gasteiger partial charge in [0, 0.05) is 26.2 Å². The van der Waals surface area contributed by atoms with Gasteiger partial charge in [0.25, 0.3) is 0 Å². The van der Waals surface area contributed by atoms with Crippen LogP contribution in [0.25, 0.3) is 0 Å². The Hall–Kier alpha value is -1.25. The smallest absolute Gasteiger partial charge is 0.243 e. The van der Waals surface area contributed by atoms with Crippen LogP contribution in [0.5, 0.6) is 5.75 Å². The number of hydrogen-bond acceptors (Lipinski definition) is 8. The van der Waals surface area contributed by atoms with Crippen LogP contribution in [0.4, 0.5) is 0 Å². The molecule has 0 amide bonds. The van der Waals surface area contributed by atoms with Gasteiger partial charge in [-0.25, -0.2) is 29.6 Å². The normalized spacial score (nSPS) is 20.0. The third kappa shape index (κ3) is 9.65. The molecule has 1 saturated carbocycles. The standard InChI is InChI=1S/C27H46N2O8S3/c1-22(2)18-29(40(35,36)27-10-8-26(37-3)9-11-27)20-25(30)12-15-28(19-23-6-4-5-7-23)39(33,34)21-24-13-16-38(31,32)17-14-24/h8-11,22-25,30H,4-7,12-21H2,1-3H3/t25-/m0/s1. The van der Waals surface area contributed by atoms with Gasteiger partial charge in [-0.15, -0.1) is 0 Å². The first-order valence-corrected chi connectivity index (χ1v) is 19.1. The molecule has 13 heteroatoms. The molecule has 40 heavy (non-hydrogen) atoms. The molecular weight excluding hydrogens is 577 g/mol. The minimum absolute atomic E-state index is 0.0128. The lowest BCUT2D eigenvalue weighted by atomic mass is 10.1. The highest BCUT2D eigenvalue weighted by Crippen LogP contribution is 2.28. The van der Waals surface area contributed by atoms with Crippen LogP contribution in [0.1, 0.15) is 58.8 Å². The summed E-state index contributed by atoms with van der Waals surface area (Å²) in [6, 6.07) is 6.09. The monoisotopic (exact) mass is 622 g/mol. The molecule has 0 unspecified atom stereocenters. The minimum atomic E-state index is -3.89. The minimum Gasteiger partial charge on any atom is -0.497 e. The third-order valence-corrected chi connectivity index (χ3v) is 13.4. The molecule has 0 radical (unpaired) electrons. The highest BCUT2D eigenvalue weighted by molar-refractivity contribution is 7.91. The molecule has 3 rings (SSSR count). The van der Waals surface area contributed by atoms with Gasteiger partial charge in [-0.2, -0.15) is 4.31 Å². The van der Waals surface area contributed by atoms with Gasteiger partial charge in [-0.05, 0) is 74.1 Å². The van der Waals surface area contributed by atoms with Crippen LogP contribution in [-0.2, 0) is 29.9 Å². The number of sulfonamides is 2. The Morgan fingerprint density at radius 1 is 0.925 bits per heavy atom. The Bertz CT molecular complexity index is 1250. The molecule has 0 bridgehead atoms. The zero-order chi connectivity index (χ0) is 29.6. The molecule has 1 aliphatic carbocycles. The quantitative estimate of drug-likeness (QED) is 0.315. The molecule has 1 heterocycles. The van der Waals surface area contributed by atoms with E-state index in [0.29, 0.717) is 25.1 Å². The number of ether oxygens (including phenoxy) is 1. The van der Waals surface area contributed by atoms with Crippen LogP contribution in [0, 0.1) is 17.8 Å². The van der Waals surface area contributed by atoms with Crippen molar-refractivity contribution in [3.05, 3.63) is 24.3 Å². The first-order chi connectivity index (χ1) is 18.7. The average Bonchev–Trinajstić information content (AvgIpc) is 3.40. The first-order valence-electron chi connectivity index (χ1n) is 14.2. The fourth-order valence-corrected chi connectivity index (χ4v) is 10.7. The van der Waals surface area contributed by atoms with Crippen molar-refractivity contribution in [2.24, 2.45) is 17.8 Å². The van der Waals surface area contributed by atoms with Crippen LogP contribution in [0.15, 0.2) is 29.2 Å². The summed E-state index contributed by atoms with van der Waals surface area (Å²) in [5.41, 5.74) is 0. The third-order valence-electron chi connectivity index (χ3n) is 7.84. The van der Waals surface area contributed by atoms with Gasteiger partial charge in [-0.1, -0.05) is 26.7 Å². The van der Waals surface area contributed by atoms with Crippen molar-refractivity contribution >= 4 is 29.9 Å². The van der Waals surface area contributed by atoms with E-state index in [4.69, 9.17) is 4.74 Å². The molecule has 1 aliphatic heterocycles. The molecule has 2 fully saturated rings. The summed E-state index contributed by atoms with van der Waals surface area (Å²) in [5, 5.41) is 11.0. The van der Waals surface area contributed by atoms with Crippen molar-refractivity contribution < 1.29 is 35.1 Å². The van der Waals surface area contributed by atoms with Crippen LogP contribution in [0.2, 0.25) is 0 Å². The summed E-state index contributed by atoms with van der Waals surface area (Å²) in [6.07, 6.45) is 3.76.